The SMILES string of the molecule is CC(C)(C)OC(=O)NC/C(=N\O)c1ccc(F)cc1. The Labute approximate surface area is 111 Å². The number of carbonyl (C=O) groups is 1. The molecule has 0 spiro atoms. The molecule has 0 aliphatic heterocycles. The van der Waals surface area contributed by atoms with Crippen molar-refractivity contribution in [2.24, 2.45) is 5.16 Å². The lowest BCUT2D eigenvalue weighted by molar-refractivity contribution is 0.0536. The first-order valence-electron chi connectivity index (χ1n) is 5.75. The van der Waals surface area contributed by atoms with Crippen molar-refractivity contribution in [1.82, 2.24) is 5.32 Å². The van der Waals surface area contributed by atoms with Crippen molar-refractivity contribution in [2.75, 3.05) is 6.54 Å². The third-order valence-electron chi connectivity index (χ3n) is 2.10. The van der Waals surface area contributed by atoms with Gasteiger partial charge in [-0.3, -0.25) is 0 Å². The Balaban J connectivity index is 2.60. The molecule has 19 heavy (non-hydrogen) atoms. The van der Waals surface area contributed by atoms with E-state index in [4.69, 9.17) is 9.94 Å². The number of nitrogens with one attached hydrogen (secondary N) is 1. The number of oxime groups is 1. The van der Waals surface area contributed by atoms with Crippen molar-refractivity contribution < 1.29 is 19.1 Å². The molecular weight excluding hydrogens is 251 g/mol. The number of amides is 1. The van der Waals surface area contributed by atoms with Gasteiger partial charge < -0.3 is 15.3 Å². The zero-order valence-electron chi connectivity index (χ0n) is 11.1. The fourth-order valence-corrected chi connectivity index (χ4v) is 1.31. The van der Waals surface area contributed by atoms with E-state index in [1.54, 1.807) is 20.8 Å². The summed E-state index contributed by atoms with van der Waals surface area (Å²) in [5.41, 5.74) is 0.127. The Morgan fingerprint density at radius 2 is 1.95 bits per heavy atom. The minimum Gasteiger partial charge on any atom is -0.444 e. The standard InChI is InChI=1S/C13H17FN2O3/c1-13(2,3)19-12(17)15-8-11(16-18)9-4-6-10(14)7-5-9/h4-7,18H,8H2,1-3H3,(H,15,17)/b16-11+. The van der Waals surface area contributed by atoms with Crippen LogP contribution in [0.3, 0.4) is 0 Å². The Hall–Kier alpha value is -2.11. The summed E-state index contributed by atoms with van der Waals surface area (Å²) >= 11 is 0. The third-order valence-corrected chi connectivity index (χ3v) is 2.10. The average Bonchev–Trinajstić information content (AvgIpc) is 2.29. The van der Waals surface area contributed by atoms with E-state index in [9.17, 15) is 9.18 Å². The fourth-order valence-electron chi connectivity index (χ4n) is 1.31. The van der Waals surface area contributed by atoms with Crippen LogP contribution in [0.2, 0.25) is 0 Å². The lowest BCUT2D eigenvalue weighted by Crippen LogP contribution is -2.35. The van der Waals surface area contributed by atoms with Crippen LogP contribution >= 0.6 is 0 Å². The Kier molecular flexibility index (Phi) is 4.86. The highest BCUT2D eigenvalue weighted by molar-refractivity contribution is 6.02. The van der Waals surface area contributed by atoms with E-state index in [-0.39, 0.29) is 18.1 Å². The highest BCUT2D eigenvalue weighted by Crippen LogP contribution is 2.07. The van der Waals surface area contributed by atoms with E-state index < -0.39 is 11.7 Å². The maximum absolute atomic E-state index is 12.8. The highest BCUT2D eigenvalue weighted by Gasteiger charge is 2.16. The molecule has 0 aliphatic carbocycles. The molecule has 0 fully saturated rings. The Morgan fingerprint density at radius 3 is 2.42 bits per heavy atom. The Bertz CT molecular complexity index is 464. The lowest BCUT2D eigenvalue weighted by Gasteiger charge is -2.19. The van der Waals surface area contributed by atoms with Crippen LogP contribution in [-0.4, -0.2) is 29.2 Å². The summed E-state index contributed by atoms with van der Waals surface area (Å²) in [4.78, 5) is 11.4. The van der Waals surface area contributed by atoms with Crippen molar-refractivity contribution >= 4 is 11.8 Å². The topological polar surface area (TPSA) is 70.9 Å². The van der Waals surface area contributed by atoms with Gasteiger partial charge in [0, 0.05) is 5.56 Å². The van der Waals surface area contributed by atoms with E-state index >= 15 is 0 Å². The lowest BCUT2D eigenvalue weighted by atomic mass is 10.1. The molecule has 0 aliphatic rings. The molecule has 1 amide bonds. The summed E-state index contributed by atoms with van der Waals surface area (Å²) in [6.07, 6.45) is -0.615. The second-order valence-corrected chi connectivity index (χ2v) is 4.91. The number of nitrogens with zero attached hydrogens (tertiary/aromatic N) is 1. The van der Waals surface area contributed by atoms with E-state index in [2.05, 4.69) is 10.5 Å². The molecule has 1 rings (SSSR count). The first-order valence-corrected chi connectivity index (χ1v) is 5.75. The number of carbonyl (C=O) groups excluding carboxylic acids is 1. The molecule has 5 nitrogen and oxygen atoms in total. The molecule has 1 aromatic carbocycles. The van der Waals surface area contributed by atoms with Crippen molar-refractivity contribution in [2.45, 2.75) is 26.4 Å². The molecule has 0 atom stereocenters. The van der Waals surface area contributed by atoms with Gasteiger partial charge >= 0.3 is 6.09 Å². The van der Waals surface area contributed by atoms with Crippen LogP contribution in [0.4, 0.5) is 9.18 Å². The van der Waals surface area contributed by atoms with Gasteiger partial charge in [-0.2, -0.15) is 0 Å². The van der Waals surface area contributed by atoms with Gasteiger partial charge in [0.15, 0.2) is 0 Å². The smallest absolute Gasteiger partial charge is 0.407 e. The highest BCUT2D eigenvalue weighted by atomic mass is 19.1. The van der Waals surface area contributed by atoms with Crippen LogP contribution in [0.25, 0.3) is 0 Å². The molecule has 0 saturated heterocycles. The number of hydrogen-bond acceptors (Lipinski definition) is 4. The first-order chi connectivity index (χ1) is 8.81. The molecule has 0 radical (unpaired) electrons. The fraction of sp³-hybridized carbons (Fsp3) is 0.385. The largest absolute Gasteiger partial charge is 0.444 e. The van der Waals surface area contributed by atoms with E-state index in [1.807, 2.05) is 0 Å². The maximum Gasteiger partial charge on any atom is 0.407 e. The van der Waals surface area contributed by atoms with Crippen LogP contribution in [-0.2, 0) is 4.74 Å². The molecule has 2 N–H and O–H groups in total. The summed E-state index contributed by atoms with van der Waals surface area (Å²) in [6.45, 7) is 5.21. The van der Waals surface area contributed by atoms with Crippen LogP contribution in [0.5, 0.6) is 0 Å². The van der Waals surface area contributed by atoms with Crippen LogP contribution in [0, 0.1) is 5.82 Å². The number of alkyl carbamates (subject to hydrolysis) is 1. The van der Waals surface area contributed by atoms with Crippen molar-refractivity contribution in [1.29, 1.82) is 0 Å². The average molecular weight is 268 g/mol. The van der Waals surface area contributed by atoms with Crippen molar-refractivity contribution in [3.05, 3.63) is 35.6 Å². The van der Waals surface area contributed by atoms with Crippen LogP contribution in [0.15, 0.2) is 29.4 Å². The normalized spacial score (nSPS) is 12.1. The summed E-state index contributed by atoms with van der Waals surface area (Å²) in [7, 11) is 0. The third kappa shape index (κ3) is 5.37. The van der Waals surface area contributed by atoms with Gasteiger partial charge in [-0.05, 0) is 32.9 Å². The van der Waals surface area contributed by atoms with Crippen LogP contribution < -0.4 is 5.32 Å². The van der Waals surface area contributed by atoms with Gasteiger partial charge in [-0.15, -0.1) is 0 Å². The molecule has 104 valence electrons. The minimum absolute atomic E-state index is 0.0168. The quantitative estimate of drug-likeness (QED) is 0.502. The van der Waals surface area contributed by atoms with E-state index in [1.165, 1.54) is 24.3 Å². The van der Waals surface area contributed by atoms with Gasteiger partial charge in [-0.1, -0.05) is 17.3 Å². The number of halogens is 1. The monoisotopic (exact) mass is 268 g/mol. The molecule has 1 aromatic rings. The molecule has 0 bridgehead atoms. The number of ether oxygens (including phenoxy) is 1. The summed E-state index contributed by atoms with van der Waals surface area (Å²) in [6, 6.07) is 5.41. The molecule has 0 saturated carbocycles. The zero-order valence-corrected chi connectivity index (χ0v) is 11.1. The second kappa shape index (κ2) is 6.17. The molecule has 0 heterocycles. The first kappa shape index (κ1) is 14.9. The Morgan fingerprint density at radius 1 is 1.37 bits per heavy atom. The maximum atomic E-state index is 12.8. The van der Waals surface area contributed by atoms with Gasteiger partial charge in [0.25, 0.3) is 0 Å². The van der Waals surface area contributed by atoms with Gasteiger partial charge in [0.1, 0.15) is 17.1 Å². The summed E-state index contributed by atoms with van der Waals surface area (Å²) in [5, 5.41) is 14.4. The predicted molar refractivity (Wildman–Crippen MR) is 69.0 cm³/mol. The molecule has 6 heteroatoms. The van der Waals surface area contributed by atoms with Crippen molar-refractivity contribution in [3.8, 4) is 0 Å². The van der Waals surface area contributed by atoms with Gasteiger partial charge in [0.05, 0.1) is 6.54 Å². The molecule has 0 aromatic heterocycles. The van der Waals surface area contributed by atoms with Crippen molar-refractivity contribution in [3.63, 3.8) is 0 Å². The zero-order chi connectivity index (χ0) is 14.5. The van der Waals surface area contributed by atoms with Crippen LogP contribution in [0.1, 0.15) is 26.3 Å². The minimum atomic E-state index is -0.615. The molecular formula is C13H17FN2O3. The van der Waals surface area contributed by atoms with Gasteiger partial charge in [0.2, 0.25) is 0 Å². The van der Waals surface area contributed by atoms with E-state index in [0.29, 0.717) is 5.56 Å². The summed E-state index contributed by atoms with van der Waals surface area (Å²) < 4.78 is 17.8. The number of hydrogen-bond donors (Lipinski definition) is 2. The summed E-state index contributed by atoms with van der Waals surface area (Å²) in [5.74, 6) is -0.388. The molecule has 0 unspecified atom stereocenters. The second-order valence-electron chi connectivity index (χ2n) is 4.91. The number of benzene rings is 1. The van der Waals surface area contributed by atoms with E-state index in [0.717, 1.165) is 0 Å². The van der Waals surface area contributed by atoms with Gasteiger partial charge in [-0.25, -0.2) is 9.18 Å². The number of rotatable bonds is 3. The predicted octanol–water partition coefficient (Wildman–Crippen LogP) is 2.53.